The lowest BCUT2D eigenvalue weighted by Gasteiger charge is -2.30. The van der Waals surface area contributed by atoms with Crippen LogP contribution in [0.1, 0.15) is 85.6 Å². The quantitative estimate of drug-likeness (QED) is 0.0229. The standard InChI is InChI=1S/C42H68N12O12/c1-20(2)16-30(39(64)48-22(5)35(44)60)54-19-25(18-31(54)57)49-37(62)28(13-14-32(58)59)50-40(65)33(21(3)4)52-41(66)34(23(6)55)53-38(63)29(17-24-9-11-26(56)12-10-24)51-36(61)27(43)8-7-15-47-42(45)46/h9-12,20-23,25,27-30,33-34,55-56H,7-8,13-19,43H2,1-6H3,(H2,44,60)(H,48,64)(H,49,62)(H,50,65)(H,51,61)(H,52,66)(H,53,63)(H,58,59)(H4,45,46,47). The van der Waals surface area contributed by atoms with E-state index < -0.39 is 126 Å². The molecule has 9 atom stereocenters. The zero-order valence-corrected chi connectivity index (χ0v) is 38.2. The first-order chi connectivity index (χ1) is 30.8. The first kappa shape index (κ1) is 55.6. The molecule has 1 saturated heterocycles. The van der Waals surface area contributed by atoms with Gasteiger partial charge in [-0.2, -0.15) is 0 Å². The van der Waals surface area contributed by atoms with E-state index >= 15 is 0 Å². The minimum atomic E-state index is -1.70. The van der Waals surface area contributed by atoms with E-state index in [1.165, 1.54) is 43.0 Å². The van der Waals surface area contributed by atoms with Crippen molar-refractivity contribution in [3.63, 3.8) is 0 Å². The number of guanidine groups is 1. The second kappa shape index (κ2) is 26.4. The molecule has 368 valence electrons. The highest BCUT2D eigenvalue weighted by Gasteiger charge is 2.41. The van der Waals surface area contributed by atoms with E-state index in [1.807, 2.05) is 13.8 Å². The van der Waals surface area contributed by atoms with E-state index in [4.69, 9.17) is 22.9 Å². The number of aliphatic carboxylic acids is 1. The highest BCUT2D eigenvalue weighted by atomic mass is 16.4. The van der Waals surface area contributed by atoms with E-state index in [2.05, 4.69) is 36.9 Å². The first-order valence-electron chi connectivity index (χ1n) is 21.7. The zero-order valence-electron chi connectivity index (χ0n) is 38.2. The Morgan fingerprint density at radius 1 is 0.773 bits per heavy atom. The Bertz CT molecular complexity index is 1910. The summed E-state index contributed by atoms with van der Waals surface area (Å²) in [6.45, 7) is 9.46. The second-order valence-electron chi connectivity index (χ2n) is 17.2. The van der Waals surface area contributed by atoms with Gasteiger partial charge in [0.1, 0.15) is 42.0 Å². The summed E-state index contributed by atoms with van der Waals surface area (Å²) >= 11 is 0. The number of rotatable bonds is 27. The molecule has 0 saturated carbocycles. The van der Waals surface area contributed by atoms with Crippen molar-refractivity contribution in [3.8, 4) is 5.75 Å². The Morgan fingerprint density at radius 2 is 1.36 bits per heavy atom. The number of aliphatic imine (C=N–C) groups is 1. The Hall–Kier alpha value is -6.56. The summed E-state index contributed by atoms with van der Waals surface area (Å²) in [4.78, 5) is 123. The van der Waals surface area contributed by atoms with Crippen molar-refractivity contribution in [3.05, 3.63) is 29.8 Å². The number of carbonyl (C=O) groups excluding carboxylic acids is 8. The van der Waals surface area contributed by atoms with Crippen LogP contribution in [-0.2, 0) is 49.6 Å². The molecule has 24 heteroatoms. The molecule has 1 aliphatic rings. The van der Waals surface area contributed by atoms with E-state index in [9.17, 15) is 58.5 Å². The van der Waals surface area contributed by atoms with Crippen molar-refractivity contribution in [1.29, 1.82) is 0 Å². The van der Waals surface area contributed by atoms with Gasteiger partial charge in [-0.25, -0.2) is 0 Å². The highest BCUT2D eigenvalue weighted by Crippen LogP contribution is 2.21. The van der Waals surface area contributed by atoms with Crippen LogP contribution in [0.25, 0.3) is 0 Å². The van der Waals surface area contributed by atoms with Gasteiger partial charge in [-0.3, -0.25) is 48.1 Å². The topological polar surface area (TPSA) is 406 Å². The number of hydrogen-bond donors (Lipinski definition) is 13. The number of likely N-dealkylation sites (tertiary alicyclic amines) is 1. The molecule has 66 heavy (non-hydrogen) atoms. The number of nitrogens with zero attached hydrogens (tertiary/aromatic N) is 2. The summed E-state index contributed by atoms with van der Waals surface area (Å²) in [5.41, 5.74) is 22.6. The molecule has 1 aliphatic heterocycles. The maximum absolute atomic E-state index is 13.8. The van der Waals surface area contributed by atoms with Crippen LogP contribution in [0.3, 0.4) is 0 Å². The van der Waals surface area contributed by atoms with Crippen LogP contribution >= 0.6 is 0 Å². The number of aliphatic hydroxyl groups excluding tert-OH is 1. The first-order valence-corrected chi connectivity index (χ1v) is 21.7. The summed E-state index contributed by atoms with van der Waals surface area (Å²) in [6.07, 6.45) is -2.20. The van der Waals surface area contributed by atoms with Crippen LogP contribution in [0.2, 0.25) is 0 Å². The number of carboxylic acids is 1. The van der Waals surface area contributed by atoms with Crippen molar-refractivity contribution >= 4 is 59.2 Å². The summed E-state index contributed by atoms with van der Waals surface area (Å²) in [6, 6.07) is -4.19. The number of benzene rings is 1. The zero-order chi connectivity index (χ0) is 50.0. The molecule has 1 fully saturated rings. The Morgan fingerprint density at radius 3 is 1.91 bits per heavy atom. The number of hydrogen-bond acceptors (Lipinski definition) is 13. The van der Waals surface area contributed by atoms with Crippen molar-refractivity contribution in [2.45, 2.75) is 141 Å². The Labute approximate surface area is 383 Å². The van der Waals surface area contributed by atoms with Crippen LogP contribution in [0.4, 0.5) is 0 Å². The van der Waals surface area contributed by atoms with Crippen molar-refractivity contribution in [2.75, 3.05) is 13.1 Å². The molecule has 0 radical (unpaired) electrons. The third-order valence-electron chi connectivity index (χ3n) is 10.6. The number of aromatic hydroxyl groups is 1. The minimum absolute atomic E-state index is 0.0558. The van der Waals surface area contributed by atoms with Gasteiger partial charge in [-0.15, -0.1) is 0 Å². The van der Waals surface area contributed by atoms with Crippen LogP contribution in [0.15, 0.2) is 29.3 Å². The molecule has 1 aromatic rings. The molecular formula is C42H68N12O12. The van der Waals surface area contributed by atoms with Crippen molar-refractivity contribution in [1.82, 2.24) is 36.8 Å². The van der Waals surface area contributed by atoms with Crippen LogP contribution in [-0.4, -0.2) is 147 Å². The lowest BCUT2D eigenvalue weighted by Crippen LogP contribution is -2.62. The number of nitrogens with two attached hydrogens (primary N) is 4. The molecule has 2 rings (SSSR count). The molecular weight excluding hydrogens is 865 g/mol. The van der Waals surface area contributed by atoms with Crippen LogP contribution in [0.5, 0.6) is 5.75 Å². The average molecular weight is 933 g/mol. The van der Waals surface area contributed by atoms with Gasteiger partial charge in [0.05, 0.1) is 18.2 Å². The molecule has 8 amide bonds. The van der Waals surface area contributed by atoms with Crippen LogP contribution in [0, 0.1) is 11.8 Å². The normalized spacial score (nSPS) is 17.2. The summed E-state index contributed by atoms with van der Waals surface area (Å²) in [7, 11) is 0. The second-order valence-corrected chi connectivity index (χ2v) is 17.2. The van der Waals surface area contributed by atoms with Gasteiger partial charge < -0.3 is 75.1 Å². The fourth-order valence-corrected chi connectivity index (χ4v) is 6.88. The highest BCUT2D eigenvalue weighted by molar-refractivity contribution is 5.97. The monoisotopic (exact) mass is 933 g/mol. The summed E-state index contributed by atoms with van der Waals surface area (Å²) in [5, 5.41) is 45.1. The van der Waals surface area contributed by atoms with Gasteiger partial charge in [-0.1, -0.05) is 39.8 Å². The van der Waals surface area contributed by atoms with Gasteiger partial charge >= 0.3 is 5.97 Å². The third-order valence-corrected chi connectivity index (χ3v) is 10.6. The molecule has 0 bridgehead atoms. The van der Waals surface area contributed by atoms with E-state index in [0.29, 0.717) is 12.0 Å². The Balaban J connectivity index is 2.27. The molecule has 24 nitrogen and oxygen atoms in total. The minimum Gasteiger partial charge on any atom is -0.508 e. The van der Waals surface area contributed by atoms with Gasteiger partial charge in [0.2, 0.25) is 47.3 Å². The average Bonchev–Trinajstić information content (AvgIpc) is 3.58. The van der Waals surface area contributed by atoms with Crippen LogP contribution < -0.4 is 54.8 Å². The predicted octanol–water partition coefficient (Wildman–Crippen LogP) is -3.72. The number of primary amides is 1. The number of carbonyl (C=O) groups is 9. The largest absolute Gasteiger partial charge is 0.508 e. The molecule has 0 aliphatic carbocycles. The van der Waals surface area contributed by atoms with Crippen molar-refractivity contribution in [2.24, 2.45) is 39.8 Å². The maximum atomic E-state index is 13.8. The number of carboxylic acid groups (broad SMARTS) is 1. The molecule has 0 aromatic heterocycles. The number of phenolic OH excluding ortho intramolecular Hbond substituents is 1. The van der Waals surface area contributed by atoms with E-state index in [1.54, 1.807) is 13.8 Å². The predicted molar refractivity (Wildman–Crippen MR) is 239 cm³/mol. The summed E-state index contributed by atoms with van der Waals surface area (Å²) < 4.78 is 0. The van der Waals surface area contributed by atoms with E-state index in [0.717, 1.165) is 0 Å². The maximum Gasteiger partial charge on any atom is 0.303 e. The lowest BCUT2D eigenvalue weighted by atomic mass is 10.00. The molecule has 1 aromatic carbocycles. The number of aliphatic hydroxyl groups is 1. The lowest BCUT2D eigenvalue weighted by molar-refractivity contribution is -0.139. The number of amides is 8. The molecule has 0 spiro atoms. The smallest absolute Gasteiger partial charge is 0.303 e. The number of nitrogens with one attached hydrogen (secondary N) is 6. The SMILES string of the molecule is CC(C)CC(C(=O)NC(C)C(N)=O)N1CC(NC(=O)C(CCC(=O)O)NC(=O)C(NC(=O)C(NC(=O)C(Cc2ccc(O)cc2)NC(=O)C(N)CCCN=C(N)N)C(C)O)C(C)C)CC1=O. The van der Waals surface area contributed by atoms with E-state index in [-0.39, 0.29) is 56.4 Å². The van der Waals surface area contributed by atoms with Crippen molar-refractivity contribution < 1.29 is 58.5 Å². The fraction of sp³-hybridized carbons (Fsp3) is 0.619. The summed E-state index contributed by atoms with van der Waals surface area (Å²) in [5.74, 6) is -8.53. The third kappa shape index (κ3) is 18.5. The molecule has 9 unspecified atom stereocenters. The molecule has 1 heterocycles. The molecule has 17 N–H and O–H groups in total. The van der Waals surface area contributed by atoms with Gasteiger partial charge in [0.25, 0.3) is 0 Å². The van der Waals surface area contributed by atoms with Gasteiger partial charge in [0, 0.05) is 32.4 Å². The Kier molecular flexibility index (Phi) is 22.2. The fourth-order valence-electron chi connectivity index (χ4n) is 6.88. The van der Waals surface area contributed by atoms with Gasteiger partial charge in [0.15, 0.2) is 5.96 Å². The van der Waals surface area contributed by atoms with Gasteiger partial charge in [-0.05, 0) is 69.1 Å². The number of phenols is 1.